The number of aromatic nitrogens is 3. The highest BCUT2D eigenvalue weighted by Gasteiger charge is 2.15. The molecule has 0 saturated heterocycles. The monoisotopic (exact) mass is 345 g/mol. The van der Waals surface area contributed by atoms with Crippen LogP contribution in [0.3, 0.4) is 0 Å². The smallest absolute Gasteiger partial charge is 0.251 e. The molecule has 3 aromatic rings. The van der Waals surface area contributed by atoms with Gasteiger partial charge in [-0.3, -0.25) is 0 Å². The van der Waals surface area contributed by atoms with Gasteiger partial charge in [0.05, 0.1) is 11.9 Å². The third-order valence-corrected chi connectivity index (χ3v) is 3.47. The van der Waals surface area contributed by atoms with E-state index >= 15 is 0 Å². The minimum Gasteiger partial charge on any atom is -0.336 e. The predicted octanol–water partition coefficient (Wildman–Crippen LogP) is 4.19. The van der Waals surface area contributed by atoms with Crippen molar-refractivity contribution < 1.29 is 13.2 Å². The number of nitrogens with zero attached hydrogens (tertiary/aromatic N) is 4. The van der Waals surface area contributed by atoms with Crippen LogP contribution in [0.5, 0.6) is 0 Å². The van der Waals surface area contributed by atoms with Gasteiger partial charge in [-0.15, -0.1) is 5.10 Å². The van der Waals surface area contributed by atoms with E-state index < -0.39 is 17.5 Å². The summed E-state index contributed by atoms with van der Waals surface area (Å²) in [5.41, 5.74) is 0.621. The van der Waals surface area contributed by atoms with Crippen LogP contribution in [0.15, 0.2) is 48.7 Å². The number of para-hydroxylation sites is 1. The molecule has 128 valence electrons. The van der Waals surface area contributed by atoms with Gasteiger partial charge in [-0.05, 0) is 31.2 Å². The molecule has 3 rings (SSSR count). The van der Waals surface area contributed by atoms with E-state index in [0.29, 0.717) is 12.5 Å². The van der Waals surface area contributed by atoms with Gasteiger partial charge in [0.2, 0.25) is 0 Å². The third kappa shape index (κ3) is 3.52. The number of anilines is 4. The predicted molar refractivity (Wildman–Crippen MR) is 88.5 cm³/mol. The Balaban J connectivity index is 1.90. The van der Waals surface area contributed by atoms with Crippen LogP contribution in [0.2, 0.25) is 0 Å². The first-order valence-electron chi connectivity index (χ1n) is 7.53. The van der Waals surface area contributed by atoms with Crippen molar-refractivity contribution in [1.29, 1.82) is 0 Å². The first-order chi connectivity index (χ1) is 12.1. The lowest BCUT2D eigenvalue weighted by Gasteiger charge is -2.20. The molecular formula is C17H14F3N5. The van der Waals surface area contributed by atoms with E-state index in [0.717, 1.165) is 17.8 Å². The standard InChI is InChI=1S/C17H14F3N5/c1-2-25(11-6-4-3-5-7-11)17-23-14(10-21-24-17)22-13-9-8-12(18)15(19)16(13)20/h3-10H,2H2,1H3,(H,22,23,24). The van der Waals surface area contributed by atoms with Gasteiger partial charge in [0.15, 0.2) is 23.3 Å². The zero-order valence-electron chi connectivity index (χ0n) is 13.2. The summed E-state index contributed by atoms with van der Waals surface area (Å²) in [4.78, 5) is 6.07. The molecular weight excluding hydrogens is 331 g/mol. The molecule has 0 aliphatic carbocycles. The molecule has 0 spiro atoms. The fraction of sp³-hybridized carbons (Fsp3) is 0.118. The maximum Gasteiger partial charge on any atom is 0.251 e. The highest BCUT2D eigenvalue weighted by Crippen LogP contribution is 2.25. The lowest BCUT2D eigenvalue weighted by Crippen LogP contribution is -2.19. The van der Waals surface area contributed by atoms with Gasteiger partial charge in [-0.25, -0.2) is 13.2 Å². The molecule has 2 aromatic carbocycles. The van der Waals surface area contributed by atoms with Crippen LogP contribution in [-0.2, 0) is 0 Å². The molecule has 0 unspecified atom stereocenters. The van der Waals surface area contributed by atoms with E-state index in [1.807, 2.05) is 37.3 Å². The van der Waals surface area contributed by atoms with Gasteiger partial charge in [0.1, 0.15) is 0 Å². The van der Waals surface area contributed by atoms with Gasteiger partial charge in [0, 0.05) is 12.2 Å². The first-order valence-corrected chi connectivity index (χ1v) is 7.53. The Labute approximate surface area is 142 Å². The zero-order valence-corrected chi connectivity index (χ0v) is 13.2. The highest BCUT2D eigenvalue weighted by atomic mass is 19.2. The molecule has 0 saturated carbocycles. The molecule has 1 aromatic heterocycles. The Bertz CT molecular complexity index is 873. The van der Waals surface area contributed by atoms with E-state index in [1.165, 1.54) is 6.20 Å². The van der Waals surface area contributed by atoms with Gasteiger partial charge in [-0.2, -0.15) is 10.1 Å². The maximum absolute atomic E-state index is 13.8. The molecule has 0 aliphatic rings. The Hall–Kier alpha value is -3.16. The Morgan fingerprint density at radius 2 is 1.76 bits per heavy atom. The summed E-state index contributed by atoms with van der Waals surface area (Å²) in [7, 11) is 0. The molecule has 1 N–H and O–H groups in total. The molecule has 8 heteroatoms. The van der Waals surface area contributed by atoms with Crippen LogP contribution in [0.4, 0.5) is 36.3 Å². The molecule has 1 heterocycles. The summed E-state index contributed by atoms with van der Waals surface area (Å²) in [6, 6.07) is 11.3. The molecule has 25 heavy (non-hydrogen) atoms. The van der Waals surface area contributed by atoms with Crippen molar-refractivity contribution >= 4 is 23.1 Å². The van der Waals surface area contributed by atoms with Crippen molar-refractivity contribution in [1.82, 2.24) is 15.2 Å². The summed E-state index contributed by atoms with van der Waals surface area (Å²) in [5, 5.41) is 10.4. The van der Waals surface area contributed by atoms with E-state index in [1.54, 1.807) is 4.90 Å². The average Bonchev–Trinajstić information content (AvgIpc) is 2.64. The highest BCUT2D eigenvalue weighted by molar-refractivity contribution is 5.60. The SMILES string of the molecule is CCN(c1ccccc1)c1nncc(Nc2ccc(F)c(F)c2F)n1. The van der Waals surface area contributed by atoms with Gasteiger partial charge in [0.25, 0.3) is 5.95 Å². The molecule has 0 fully saturated rings. The number of nitrogens with one attached hydrogen (secondary N) is 1. The van der Waals surface area contributed by atoms with Crippen molar-refractivity contribution in [3.8, 4) is 0 Å². The molecule has 0 bridgehead atoms. The second-order valence-electron chi connectivity index (χ2n) is 5.07. The molecule has 0 atom stereocenters. The maximum atomic E-state index is 13.8. The fourth-order valence-electron chi connectivity index (χ4n) is 2.28. The Kier molecular flexibility index (Phi) is 4.78. The molecule has 5 nitrogen and oxygen atoms in total. The van der Waals surface area contributed by atoms with Crippen molar-refractivity contribution in [3.05, 3.63) is 66.1 Å². The summed E-state index contributed by atoms with van der Waals surface area (Å²) >= 11 is 0. The number of benzene rings is 2. The van der Waals surface area contributed by atoms with Crippen LogP contribution in [-0.4, -0.2) is 21.7 Å². The Morgan fingerprint density at radius 3 is 2.48 bits per heavy atom. The average molecular weight is 345 g/mol. The van der Waals surface area contributed by atoms with Crippen LogP contribution in [0, 0.1) is 17.5 Å². The zero-order chi connectivity index (χ0) is 17.8. The van der Waals surface area contributed by atoms with Crippen LogP contribution in [0.25, 0.3) is 0 Å². The van der Waals surface area contributed by atoms with Gasteiger partial charge >= 0.3 is 0 Å². The van der Waals surface area contributed by atoms with E-state index in [9.17, 15) is 13.2 Å². The van der Waals surface area contributed by atoms with Crippen LogP contribution in [0.1, 0.15) is 6.92 Å². The lowest BCUT2D eigenvalue weighted by molar-refractivity contribution is 0.449. The van der Waals surface area contributed by atoms with Crippen molar-refractivity contribution in [2.24, 2.45) is 0 Å². The lowest BCUT2D eigenvalue weighted by atomic mass is 10.3. The van der Waals surface area contributed by atoms with Crippen LogP contribution >= 0.6 is 0 Å². The minimum absolute atomic E-state index is 0.157. The second kappa shape index (κ2) is 7.16. The van der Waals surface area contributed by atoms with Crippen LogP contribution < -0.4 is 10.2 Å². The summed E-state index contributed by atoms with van der Waals surface area (Å²) < 4.78 is 40.1. The second-order valence-corrected chi connectivity index (χ2v) is 5.07. The quantitative estimate of drug-likeness (QED) is 0.703. The van der Waals surface area contributed by atoms with Gasteiger partial charge in [-0.1, -0.05) is 18.2 Å². The van der Waals surface area contributed by atoms with Crippen molar-refractivity contribution in [3.63, 3.8) is 0 Å². The number of hydrogen-bond donors (Lipinski definition) is 1. The normalized spacial score (nSPS) is 10.6. The first kappa shape index (κ1) is 16.7. The fourth-order valence-corrected chi connectivity index (χ4v) is 2.28. The third-order valence-electron chi connectivity index (χ3n) is 3.47. The van der Waals surface area contributed by atoms with E-state index in [-0.39, 0.29) is 11.5 Å². The molecule has 0 aliphatic heterocycles. The van der Waals surface area contributed by atoms with Crippen molar-refractivity contribution in [2.75, 3.05) is 16.8 Å². The molecule has 0 amide bonds. The Morgan fingerprint density at radius 1 is 1.00 bits per heavy atom. The summed E-state index contributed by atoms with van der Waals surface area (Å²) in [6.07, 6.45) is 1.27. The number of rotatable bonds is 5. The van der Waals surface area contributed by atoms with Gasteiger partial charge < -0.3 is 10.2 Å². The minimum atomic E-state index is -1.55. The summed E-state index contributed by atoms with van der Waals surface area (Å²) in [5.74, 6) is -3.68. The summed E-state index contributed by atoms with van der Waals surface area (Å²) in [6.45, 7) is 2.50. The van der Waals surface area contributed by atoms with E-state index in [2.05, 4.69) is 20.5 Å². The number of hydrogen-bond acceptors (Lipinski definition) is 5. The topological polar surface area (TPSA) is 53.9 Å². The largest absolute Gasteiger partial charge is 0.336 e. The molecule has 0 radical (unpaired) electrons. The van der Waals surface area contributed by atoms with Crippen molar-refractivity contribution in [2.45, 2.75) is 6.92 Å². The van der Waals surface area contributed by atoms with E-state index in [4.69, 9.17) is 0 Å². The number of halogens is 3.